The average molecular weight is 462 g/mol. The summed E-state index contributed by atoms with van der Waals surface area (Å²) in [6, 6.07) is 4.46. The number of aliphatic hydroxyl groups is 1. The number of methoxy groups -OCH3 is 1. The van der Waals surface area contributed by atoms with Gasteiger partial charge in [0.2, 0.25) is 0 Å². The maximum absolute atomic E-state index is 11.4. The maximum Gasteiger partial charge on any atom is 0.165 e. The zero-order valence-electron chi connectivity index (χ0n) is 19.4. The molecule has 0 radical (unpaired) electrons. The first kappa shape index (κ1) is 21.5. The summed E-state index contributed by atoms with van der Waals surface area (Å²) in [5.74, 6) is 1.86. The van der Waals surface area contributed by atoms with E-state index in [9.17, 15) is 10.2 Å². The summed E-state index contributed by atoms with van der Waals surface area (Å²) in [4.78, 5) is 2.81. The Kier molecular flexibility index (Phi) is 4.27. The Morgan fingerprint density at radius 2 is 2.00 bits per heavy atom. The minimum Gasteiger partial charge on any atom is -0.504 e. The topological polar surface area (TPSA) is 62.2 Å². The number of ether oxygens (including phenoxy) is 2. The molecular formula is C26H36ClNO4. The monoisotopic (exact) mass is 461 g/mol. The van der Waals surface area contributed by atoms with Crippen LogP contribution in [0.3, 0.4) is 0 Å². The van der Waals surface area contributed by atoms with Crippen molar-refractivity contribution in [2.45, 2.75) is 87.6 Å². The van der Waals surface area contributed by atoms with E-state index in [0.717, 1.165) is 44.6 Å². The summed E-state index contributed by atoms with van der Waals surface area (Å²) in [7, 11) is 1.81. The van der Waals surface area contributed by atoms with Gasteiger partial charge in [-0.1, -0.05) is 6.07 Å². The van der Waals surface area contributed by atoms with Crippen molar-refractivity contribution in [3.63, 3.8) is 0 Å². The number of phenols is 1. The molecule has 6 heteroatoms. The fraction of sp³-hybridized carbons (Fsp3) is 0.769. The molecule has 5 fully saturated rings. The molecule has 2 spiro atoms. The predicted octanol–water partition coefficient (Wildman–Crippen LogP) is 3.81. The number of aromatic hydroxyl groups is 1. The minimum atomic E-state index is -0.846. The standard InChI is InChI=1S/C26H35NO4.ClH/c1-23(2,29)18-13-24-8-9-26(18,30-3)22-25(24)10-11-27(14-15-4-5-15)19(24)12-16-6-7-17(28)21(31-22)20(16)25;/h6-7,15,18-19,22,28-29H,4-5,8-14H2,1-3H3;1H/t18-,19-,22-,24?,25+,26+;/m1./s1. The van der Waals surface area contributed by atoms with Crippen molar-refractivity contribution >= 4 is 12.4 Å². The largest absolute Gasteiger partial charge is 0.504 e. The van der Waals surface area contributed by atoms with Gasteiger partial charge in [0.1, 0.15) is 11.7 Å². The Morgan fingerprint density at radius 1 is 1.22 bits per heavy atom. The van der Waals surface area contributed by atoms with Crippen LogP contribution in [0, 0.1) is 17.3 Å². The predicted molar refractivity (Wildman–Crippen MR) is 124 cm³/mol. The van der Waals surface area contributed by atoms with Crippen LogP contribution in [-0.4, -0.2) is 58.7 Å². The van der Waals surface area contributed by atoms with E-state index in [1.165, 1.54) is 30.5 Å². The van der Waals surface area contributed by atoms with E-state index in [2.05, 4.69) is 11.0 Å². The summed E-state index contributed by atoms with van der Waals surface area (Å²) in [5, 5.41) is 22.2. The number of phenolic OH excluding ortho intramolecular Hbond substituents is 1. The van der Waals surface area contributed by atoms with E-state index < -0.39 is 11.2 Å². The Hall–Kier alpha value is -1.01. The number of likely N-dealkylation sites (tertiary alicyclic amines) is 1. The molecule has 4 bridgehead atoms. The van der Waals surface area contributed by atoms with Gasteiger partial charge in [-0.15, -0.1) is 12.4 Å². The fourth-order valence-corrected chi connectivity index (χ4v) is 9.23. The summed E-state index contributed by atoms with van der Waals surface area (Å²) in [5.41, 5.74) is 1.24. The SMILES string of the molecule is CO[C@@]12CCC3(C[C@@H]1C(C)(C)O)[C@H]1Cc4ccc(O)c5c4[C@@]3(CCN1CC1CC1)[C@H]2O5.Cl. The second-order valence-corrected chi connectivity index (χ2v) is 12.1. The third-order valence-electron chi connectivity index (χ3n) is 10.5. The van der Waals surface area contributed by atoms with Crippen LogP contribution >= 0.6 is 12.4 Å². The lowest BCUT2D eigenvalue weighted by molar-refractivity contribution is -0.300. The van der Waals surface area contributed by atoms with Crippen molar-refractivity contribution in [1.29, 1.82) is 0 Å². The molecule has 32 heavy (non-hydrogen) atoms. The second-order valence-electron chi connectivity index (χ2n) is 12.1. The number of hydrogen-bond acceptors (Lipinski definition) is 5. The van der Waals surface area contributed by atoms with Crippen LogP contribution in [0.2, 0.25) is 0 Å². The lowest BCUT2D eigenvalue weighted by Crippen LogP contribution is -2.82. The molecule has 0 aromatic heterocycles. The lowest BCUT2D eigenvalue weighted by atomic mass is 9.34. The molecule has 1 aromatic rings. The quantitative estimate of drug-likeness (QED) is 0.714. The molecule has 5 aliphatic carbocycles. The summed E-state index contributed by atoms with van der Waals surface area (Å²) >= 11 is 0. The van der Waals surface area contributed by atoms with E-state index in [-0.39, 0.29) is 41.0 Å². The van der Waals surface area contributed by atoms with E-state index >= 15 is 0 Å². The highest BCUT2D eigenvalue weighted by atomic mass is 35.5. The highest BCUT2D eigenvalue weighted by Crippen LogP contribution is 2.77. The molecule has 1 aromatic carbocycles. The van der Waals surface area contributed by atoms with E-state index in [0.29, 0.717) is 11.8 Å². The minimum absolute atomic E-state index is 0. The van der Waals surface area contributed by atoms with Crippen molar-refractivity contribution < 1.29 is 19.7 Å². The molecule has 6 atom stereocenters. The van der Waals surface area contributed by atoms with Gasteiger partial charge in [0.05, 0.1) is 5.60 Å². The Labute approximate surface area is 196 Å². The molecule has 1 unspecified atom stereocenters. The molecule has 7 aliphatic rings. The molecule has 2 heterocycles. The highest BCUT2D eigenvalue weighted by molar-refractivity contribution is 5.85. The van der Waals surface area contributed by atoms with E-state index in [1.54, 1.807) is 0 Å². The molecule has 4 saturated carbocycles. The van der Waals surface area contributed by atoms with Crippen LogP contribution in [0.25, 0.3) is 0 Å². The van der Waals surface area contributed by atoms with Crippen molar-refractivity contribution in [2.75, 3.05) is 20.2 Å². The van der Waals surface area contributed by atoms with Crippen molar-refractivity contribution in [3.8, 4) is 11.5 Å². The number of fused-ring (bicyclic) bond motifs is 2. The molecule has 2 aliphatic heterocycles. The number of rotatable bonds is 4. The third-order valence-corrected chi connectivity index (χ3v) is 10.5. The van der Waals surface area contributed by atoms with Gasteiger partial charge in [-0.2, -0.15) is 0 Å². The Balaban J connectivity index is 0.00000196. The van der Waals surface area contributed by atoms with Gasteiger partial charge in [0.15, 0.2) is 11.5 Å². The lowest BCUT2D eigenvalue weighted by Gasteiger charge is -2.75. The van der Waals surface area contributed by atoms with E-state index in [4.69, 9.17) is 9.47 Å². The van der Waals surface area contributed by atoms with Crippen LogP contribution in [-0.2, 0) is 16.6 Å². The van der Waals surface area contributed by atoms with Crippen LogP contribution in [0.4, 0.5) is 0 Å². The number of nitrogens with zero attached hydrogens (tertiary/aromatic N) is 1. The summed E-state index contributed by atoms with van der Waals surface area (Å²) in [6.45, 7) is 6.23. The number of benzene rings is 1. The zero-order valence-corrected chi connectivity index (χ0v) is 20.2. The molecule has 1 saturated heterocycles. The second kappa shape index (κ2) is 6.35. The fourth-order valence-electron chi connectivity index (χ4n) is 9.23. The third kappa shape index (κ3) is 2.23. The van der Waals surface area contributed by atoms with Gasteiger partial charge >= 0.3 is 0 Å². The van der Waals surface area contributed by atoms with Crippen LogP contribution in [0.15, 0.2) is 12.1 Å². The number of halogens is 1. The maximum atomic E-state index is 11.4. The van der Waals surface area contributed by atoms with Gasteiger partial charge < -0.3 is 19.7 Å². The van der Waals surface area contributed by atoms with Gasteiger partial charge in [0.25, 0.3) is 0 Å². The van der Waals surface area contributed by atoms with Crippen molar-refractivity contribution in [2.24, 2.45) is 17.3 Å². The van der Waals surface area contributed by atoms with Gasteiger partial charge in [-0.25, -0.2) is 0 Å². The number of piperidine rings is 1. The normalized spacial score (nSPS) is 43.4. The Morgan fingerprint density at radius 3 is 2.69 bits per heavy atom. The van der Waals surface area contributed by atoms with Crippen LogP contribution in [0.5, 0.6) is 11.5 Å². The molecule has 176 valence electrons. The molecule has 8 rings (SSSR count). The Bertz CT molecular complexity index is 973. The van der Waals surface area contributed by atoms with Crippen molar-refractivity contribution in [1.82, 2.24) is 4.90 Å². The first-order chi connectivity index (χ1) is 14.8. The summed E-state index contributed by atoms with van der Waals surface area (Å²) < 4.78 is 13.2. The van der Waals surface area contributed by atoms with Gasteiger partial charge in [0, 0.05) is 42.0 Å². The highest BCUT2D eigenvalue weighted by Gasteiger charge is 2.81. The smallest absolute Gasteiger partial charge is 0.165 e. The number of hydrogen-bond donors (Lipinski definition) is 2. The molecule has 5 nitrogen and oxygen atoms in total. The van der Waals surface area contributed by atoms with Crippen molar-refractivity contribution in [3.05, 3.63) is 23.3 Å². The van der Waals surface area contributed by atoms with Gasteiger partial charge in [-0.3, -0.25) is 4.90 Å². The first-order valence-electron chi connectivity index (χ1n) is 12.3. The van der Waals surface area contributed by atoms with Crippen LogP contribution in [0.1, 0.15) is 63.5 Å². The zero-order chi connectivity index (χ0) is 21.4. The molecule has 0 amide bonds. The van der Waals surface area contributed by atoms with Crippen LogP contribution < -0.4 is 4.74 Å². The molecule has 2 N–H and O–H groups in total. The average Bonchev–Trinajstić information content (AvgIpc) is 3.47. The first-order valence-corrected chi connectivity index (χ1v) is 12.3. The summed E-state index contributed by atoms with van der Waals surface area (Å²) in [6.07, 6.45) is 7.72. The van der Waals surface area contributed by atoms with Gasteiger partial charge in [-0.05, 0) is 82.9 Å². The van der Waals surface area contributed by atoms with E-state index in [1.807, 2.05) is 27.0 Å². The molecular weight excluding hydrogens is 426 g/mol.